The summed E-state index contributed by atoms with van der Waals surface area (Å²) in [6, 6.07) is 24.4. The van der Waals surface area contributed by atoms with Gasteiger partial charge in [-0.15, -0.1) is 6.58 Å². The van der Waals surface area contributed by atoms with Crippen molar-refractivity contribution in [2.45, 2.75) is 24.2 Å². The Hall–Kier alpha value is -3.36. The van der Waals surface area contributed by atoms with Crippen LogP contribution in [0.2, 0.25) is 0 Å². The molecule has 1 N–H and O–H groups in total. The van der Waals surface area contributed by atoms with E-state index in [9.17, 15) is 5.11 Å². The first-order valence-electron chi connectivity index (χ1n) is 13.0. The number of ether oxygens (including phenoxy) is 6. The molecule has 3 atom stereocenters. The van der Waals surface area contributed by atoms with Crippen molar-refractivity contribution in [3.63, 3.8) is 0 Å². The third kappa shape index (κ3) is 7.82. The van der Waals surface area contributed by atoms with Gasteiger partial charge in [-0.05, 0) is 53.1 Å². The highest BCUT2D eigenvalue weighted by atomic mass is 16.6. The van der Waals surface area contributed by atoms with Crippen LogP contribution in [0.25, 0.3) is 0 Å². The van der Waals surface area contributed by atoms with Crippen LogP contribution in [0.4, 0.5) is 0 Å². The minimum absolute atomic E-state index is 0.00331. The fraction of sp³-hybridized carbons (Fsp3) is 0.355. The van der Waals surface area contributed by atoms with Crippen LogP contribution in [-0.4, -0.2) is 69.7 Å². The third-order valence-corrected chi connectivity index (χ3v) is 6.31. The molecular weight excluding hydrogens is 484 g/mol. The van der Waals surface area contributed by atoms with Crippen LogP contribution in [0, 0.1) is 0 Å². The molecule has 200 valence electrons. The van der Waals surface area contributed by atoms with E-state index in [1.165, 1.54) is 0 Å². The molecule has 2 aliphatic heterocycles. The van der Waals surface area contributed by atoms with Crippen molar-refractivity contribution in [2.24, 2.45) is 0 Å². The Bertz CT molecular complexity index is 1080. The van der Waals surface area contributed by atoms with Crippen LogP contribution in [-0.2, 0) is 14.2 Å². The average Bonchev–Trinajstić information content (AvgIpc) is 3.88. The normalized spacial score (nSPS) is 19.3. The summed E-state index contributed by atoms with van der Waals surface area (Å²) in [6.45, 7) is 7.05. The molecule has 0 bridgehead atoms. The van der Waals surface area contributed by atoms with Gasteiger partial charge >= 0.3 is 0 Å². The zero-order chi connectivity index (χ0) is 26.2. The fourth-order valence-corrected chi connectivity index (χ4v) is 4.08. The van der Waals surface area contributed by atoms with Crippen LogP contribution in [0.15, 0.2) is 85.5 Å². The molecule has 0 amide bonds. The first-order valence-corrected chi connectivity index (χ1v) is 13.0. The number of aliphatic hydroxyl groups is 1. The number of aliphatic hydroxyl groups excluding tert-OH is 1. The third-order valence-electron chi connectivity index (χ3n) is 6.31. The van der Waals surface area contributed by atoms with Crippen LogP contribution < -0.4 is 14.2 Å². The summed E-state index contributed by atoms with van der Waals surface area (Å²) in [5.74, 6) is 2.35. The summed E-state index contributed by atoms with van der Waals surface area (Å²) in [7, 11) is 0. The van der Waals surface area contributed by atoms with Gasteiger partial charge in [0.2, 0.25) is 0 Å². The van der Waals surface area contributed by atoms with Crippen molar-refractivity contribution in [2.75, 3.05) is 46.2 Å². The lowest BCUT2D eigenvalue weighted by atomic mass is 9.85. The average molecular weight is 519 g/mol. The maximum absolute atomic E-state index is 10.0. The summed E-state index contributed by atoms with van der Waals surface area (Å²) in [5, 5.41) is 10.0. The monoisotopic (exact) mass is 518 g/mol. The predicted octanol–water partition coefficient (Wildman–Crippen LogP) is 4.36. The predicted molar refractivity (Wildman–Crippen MR) is 143 cm³/mol. The standard InChI is InChI=1S/C31H34O7/c1-2-15-33-16-25(32)17-34-26-9-3-22(4-10-26)31(23-5-11-27(12-6-23)35-18-29-20-37-29)24-7-13-28(14-8-24)36-19-30-21-38-30/h2-14,25,29-32H,1,15-21H2. The molecule has 2 saturated heterocycles. The van der Waals surface area contributed by atoms with Crippen LogP contribution in [0.5, 0.6) is 17.2 Å². The second-order valence-electron chi connectivity index (χ2n) is 9.46. The van der Waals surface area contributed by atoms with Gasteiger partial charge in [-0.3, -0.25) is 0 Å². The molecule has 3 aromatic carbocycles. The maximum Gasteiger partial charge on any atom is 0.119 e. The van der Waals surface area contributed by atoms with Gasteiger partial charge in [0.05, 0.1) is 26.4 Å². The highest BCUT2D eigenvalue weighted by Crippen LogP contribution is 2.35. The highest BCUT2D eigenvalue weighted by Gasteiger charge is 2.24. The minimum atomic E-state index is -0.707. The largest absolute Gasteiger partial charge is 0.491 e. The van der Waals surface area contributed by atoms with Gasteiger partial charge in [0.15, 0.2) is 0 Å². The highest BCUT2D eigenvalue weighted by molar-refractivity contribution is 5.46. The zero-order valence-corrected chi connectivity index (χ0v) is 21.4. The van der Waals surface area contributed by atoms with E-state index in [0.717, 1.165) is 41.4 Å². The zero-order valence-electron chi connectivity index (χ0n) is 21.4. The van der Waals surface area contributed by atoms with Gasteiger partial charge < -0.3 is 33.5 Å². The molecule has 0 spiro atoms. The second-order valence-corrected chi connectivity index (χ2v) is 9.46. The van der Waals surface area contributed by atoms with Crippen molar-refractivity contribution in [3.05, 3.63) is 102 Å². The first-order chi connectivity index (χ1) is 18.7. The fourth-order valence-electron chi connectivity index (χ4n) is 4.08. The summed E-state index contributed by atoms with van der Waals surface area (Å²) in [6.07, 6.45) is 1.38. The van der Waals surface area contributed by atoms with Crippen molar-refractivity contribution < 1.29 is 33.5 Å². The van der Waals surface area contributed by atoms with E-state index in [1.54, 1.807) is 6.08 Å². The molecule has 3 aromatic rings. The lowest BCUT2D eigenvalue weighted by molar-refractivity contribution is 0.0214. The van der Waals surface area contributed by atoms with Crippen LogP contribution in [0.1, 0.15) is 22.6 Å². The topological polar surface area (TPSA) is 82.2 Å². The number of rotatable bonds is 16. The number of benzene rings is 3. The van der Waals surface area contributed by atoms with Crippen LogP contribution >= 0.6 is 0 Å². The van der Waals surface area contributed by atoms with E-state index in [4.69, 9.17) is 28.4 Å². The lowest BCUT2D eigenvalue weighted by Gasteiger charge is -2.20. The molecule has 38 heavy (non-hydrogen) atoms. The van der Waals surface area contributed by atoms with E-state index < -0.39 is 6.10 Å². The van der Waals surface area contributed by atoms with Gasteiger partial charge in [-0.25, -0.2) is 0 Å². The van der Waals surface area contributed by atoms with E-state index >= 15 is 0 Å². The van der Waals surface area contributed by atoms with Gasteiger partial charge in [-0.1, -0.05) is 42.5 Å². The maximum atomic E-state index is 10.0. The van der Waals surface area contributed by atoms with Crippen molar-refractivity contribution in [3.8, 4) is 17.2 Å². The molecule has 0 saturated carbocycles. The number of hydrogen-bond donors (Lipinski definition) is 1. The quantitative estimate of drug-likeness (QED) is 0.131. The van der Waals surface area contributed by atoms with Gasteiger partial charge in [0.25, 0.3) is 0 Å². The molecule has 2 fully saturated rings. The molecule has 2 aliphatic rings. The molecular formula is C31H34O7. The molecule has 3 unspecified atom stereocenters. The Morgan fingerprint density at radius 3 is 1.53 bits per heavy atom. The Balaban J connectivity index is 1.29. The Kier molecular flexibility index (Phi) is 8.94. The van der Waals surface area contributed by atoms with Gasteiger partial charge in [0, 0.05) is 5.92 Å². The molecule has 0 aromatic heterocycles. The van der Waals surface area contributed by atoms with E-state index in [-0.39, 0.29) is 31.3 Å². The van der Waals surface area contributed by atoms with Gasteiger partial charge in [-0.2, -0.15) is 0 Å². The molecule has 5 rings (SSSR count). The lowest BCUT2D eigenvalue weighted by Crippen LogP contribution is -2.23. The summed E-state index contributed by atoms with van der Waals surface area (Å²) >= 11 is 0. The van der Waals surface area contributed by atoms with Gasteiger partial charge in [0.1, 0.15) is 55.4 Å². The molecule has 0 radical (unpaired) electrons. The van der Waals surface area contributed by atoms with Crippen molar-refractivity contribution >= 4 is 0 Å². The van der Waals surface area contributed by atoms with E-state index in [0.29, 0.717) is 25.6 Å². The van der Waals surface area contributed by atoms with Crippen LogP contribution in [0.3, 0.4) is 0 Å². The summed E-state index contributed by atoms with van der Waals surface area (Å²) in [4.78, 5) is 0. The number of hydrogen-bond acceptors (Lipinski definition) is 7. The summed E-state index contributed by atoms with van der Waals surface area (Å²) in [5.41, 5.74) is 3.40. The molecule has 7 heteroatoms. The first kappa shape index (κ1) is 26.3. The molecule has 0 aliphatic carbocycles. The SMILES string of the molecule is C=CCOCC(O)COc1ccc(C(c2ccc(OCC3CO3)cc2)c2ccc(OCC3CO3)cc2)cc1. The van der Waals surface area contributed by atoms with E-state index in [1.807, 2.05) is 36.4 Å². The Labute approximate surface area is 223 Å². The summed E-state index contributed by atoms with van der Waals surface area (Å²) < 4.78 is 33.2. The van der Waals surface area contributed by atoms with Crippen molar-refractivity contribution in [1.82, 2.24) is 0 Å². The van der Waals surface area contributed by atoms with E-state index in [2.05, 4.69) is 43.0 Å². The Morgan fingerprint density at radius 2 is 1.13 bits per heavy atom. The Morgan fingerprint density at radius 1 is 0.711 bits per heavy atom. The second kappa shape index (κ2) is 12.9. The number of epoxide rings is 2. The molecule has 2 heterocycles. The minimum Gasteiger partial charge on any atom is -0.491 e. The molecule has 7 nitrogen and oxygen atoms in total. The smallest absolute Gasteiger partial charge is 0.119 e. The van der Waals surface area contributed by atoms with Crippen molar-refractivity contribution in [1.29, 1.82) is 0 Å².